The number of benzene rings is 1. The number of hydrogen-bond donors (Lipinski definition) is 0. The largest absolute Gasteiger partial charge is 1.00 e. The molecule has 5 heteroatoms. The van der Waals surface area contributed by atoms with Crippen LogP contribution in [0, 0.1) is 5.92 Å². The van der Waals surface area contributed by atoms with Crippen LogP contribution in [0.4, 0.5) is 0 Å². The molecular weight excluding hydrogens is 295 g/mol. The van der Waals surface area contributed by atoms with Crippen LogP contribution < -0.4 is 29.6 Å². The molecule has 0 aromatic heterocycles. The predicted octanol–water partition coefficient (Wildman–Crippen LogP) is 1.13. The van der Waals surface area contributed by atoms with Crippen molar-refractivity contribution in [1.29, 1.82) is 0 Å². The number of hydrogen-bond acceptors (Lipinski definition) is 3. The van der Waals surface area contributed by atoms with E-state index in [0.29, 0.717) is 0 Å². The molecule has 0 spiro atoms. The molecule has 1 rings (SSSR count). The maximum atomic E-state index is 10.8. The molecule has 0 amide bonds. The monoisotopic (exact) mass is 320 g/mol. The summed E-state index contributed by atoms with van der Waals surface area (Å²) in [5, 5.41) is 0. The standard InChI is InChI=1S/C16H26O3S.Na/c1-3-14(2)8-6-4-5-7-9-15-10-12-16(13-11-15)20(17,18)19;/h10-14H,3-9H2,1-2H3,(H,17,18,19);/q;+1/p-1. The minimum atomic E-state index is -4.31. The fourth-order valence-electron chi connectivity index (χ4n) is 2.20. The van der Waals surface area contributed by atoms with Crippen LogP contribution in [-0.2, 0) is 16.5 Å². The quantitative estimate of drug-likeness (QED) is 0.389. The fourth-order valence-corrected chi connectivity index (χ4v) is 2.67. The average molecular weight is 320 g/mol. The van der Waals surface area contributed by atoms with Gasteiger partial charge < -0.3 is 4.55 Å². The van der Waals surface area contributed by atoms with Gasteiger partial charge in [0, 0.05) is 0 Å². The molecule has 3 nitrogen and oxygen atoms in total. The Morgan fingerprint density at radius 2 is 1.62 bits per heavy atom. The van der Waals surface area contributed by atoms with E-state index in [-0.39, 0.29) is 34.5 Å². The first-order chi connectivity index (χ1) is 9.43. The molecule has 0 N–H and O–H groups in total. The summed E-state index contributed by atoms with van der Waals surface area (Å²) in [6.45, 7) is 4.53. The van der Waals surface area contributed by atoms with Gasteiger partial charge in [0.25, 0.3) is 0 Å². The Kier molecular flexibility index (Phi) is 10.9. The molecule has 0 aliphatic heterocycles. The molecule has 114 valence electrons. The Balaban J connectivity index is 0.00000400. The SMILES string of the molecule is CCC(C)CCCCCCc1ccc(S(=O)(=O)[O-])cc1.[Na+]. The van der Waals surface area contributed by atoms with Crippen molar-refractivity contribution in [2.24, 2.45) is 5.92 Å². The van der Waals surface area contributed by atoms with E-state index in [1.54, 1.807) is 12.1 Å². The van der Waals surface area contributed by atoms with Gasteiger partial charge in [-0.05, 0) is 36.5 Å². The van der Waals surface area contributed by atoms with Crippen molar-refractivity contribution in [2.45, 2.75) is 63.7 Å². The number of unbranched alkanes of at least 4 members (excludes halogenated alkanes) is 3. The Morgan fingerprint density at radius 1 is 1.05 bits per heavy atom. The van der Waals surface area contributed by atoms with Crippen molar-refractivity contribution in [3.63, 3.8) is 0 Å². The molecule has 0 saturated heterocycles. The molecule has 0 fully saturated rings. The molecular formula is C16H25NaO3S. The third-order valence-electron chi connectivity index (χ3n) is 3.82. The molecule has 0 aliphatic rings. The zero-order valence-electron chi connectivity index (χ0n) is 13.5. The summed E-state index contributed by atoms with van der Waals surface area (Å²) in [5.41, 5.74) is 1.10. The van der Waals surface area contributed by atoms with Crippen molar-refractivity contribution < 1.29 is 42.5 Å². The molecule has 21 heavy (non-hydrogen) atoms. The molecule has 1 atom stereocenters. The van der Waals surface area contributed by atoms with Crippen LogP contribution in [0.1, 0.15) is 57.9 Å². The van der Waals surface area contributed by atoms with Gasteiger partial charge in [-0.25, -0.2) is 8.42 Å². The van der Waals surface area contributed by atoms with Gasteiger partial charge in [0.2, 0.25) is 0 Å². The van der Waals surface area contributed by atoms with Crippen molar-refractivity contribution >= 4 is 10.1 Å². The third kappa shape index (κ3) is 8.99. The van der Waals surface area contributed by atoms with E-state index in [1.165, 1.54) is 44.2 Å². The van der Waals surface area contributed by atoms with E-state index in [0.717, 1.165) is 24.3 Å². The summed E-state index contributed by atoms with van der Waals surface area (Å²) < 4.78 is 32.4. The van der Waals surface area contributed by atoms with Gasteiger partial charge in [-0.1, -0.05) is 58.1 Å². The van der Waals surface area contributed by atoms with Gasteiger partial charge in [0.15, 0.2) is 0 Å². The normalized spacial score (nSPS) is 12.7. The third-order valence-corrected chi connectivity index (χ3v) is 4.67. The zero-order valence-corrected chi connectivity index (χ0v) is 16.3. The molecule has 1 aromatic rings. The molecule has 0 radical (unpaired) electrons. The topological polar surface area (TPSA) is 57.2 Å². The second-order valence-electron chi connectivity index (χ2n) is 5.56. The first-order valence-electron chi connectivity index (χ1n) is 7.48. The van der Waals surface area contributed by atoms with Crippen LogP contribution >= 0.6 is 0 Å². The van der Waals surface area contributed by atoms with E-state index in [4.69, 9.17) is 0 Å². The molecule has 0 heterocycles. The second kappa shape index (κ2) is 10.8. The fraction of sp³-hybridized carbons (Fsp3) is 0.625. The van der Waals surface area contributed by atoms with Crippen molar-refractivity contribution in [2.75, 3.05) is 0 Å². The Hall–Kier alpha value is 0.130. The second-order valence-corrected chi connectivity index (χ2v) is 6.94. The van der Waals surface area contributed by atoms with E-state index in [9.17, 15) is 13.0 Å². The van der Waals surface area contributed by atoms with Crippen LogP contribution in [0.3, 0.4) is 0 Å². The zero-order chi connectivity index (χ0) is 15.0. The summed E-state index contributed by atoms with van der Waals surface area (Å²) in [7, 11) is -4.31. The van der Waals surface area contributed by atoms with E-state index in [1.807, 2.05) is 0 Å². The molecule has 0 saturated carbocycles. The van der Waals surface area contributed by atoms with Gasteiger partial charge >= 0.3 is 29.6 Å². The molecule has 1 unspecified atom stereocenters. The van der Waals surface area contributed by atoms with E-state index in [2.05, 4.69) is 13.8 Å². The summed E-state index contributed by atoms with van der Waals surface area (Å²) in [5.74, 6) is 0.830. The Morgan fingerprint density at radius 3 is 2.14 bits per heavy atom. The number of aryl methyl sites for hydroxylation is 1. The molecule has 0 bridgehead atoms. The molecule has 0 aliphatic carbocycles. The van der Waals surface area contributed by atoms with Gasteiger partial charge in [-0.15, -0.1) is 0 Å². The van der Waals surface area contributed by atoms with Gasteiger partial charge in [-0.3, -0.25) is 0 Å². The summed E-state index contributed by atoms with van der Waals surface area (Å²) in [4.78, 5) is -0.144. The van der Waals surface area contributed by atoms with Crippen molar-refractivity contribution in [1.82, 2.24) is 0 Å². The maximum absolute atomic E-state index is 10.8. The van der Waals surface area contributed by atoms with Crippen LogP contribution in [0.15, 0.2) is 29.2 Å². The minimum absolute atomic E-state index is 0. The van der Waals surface area contributed by atoms with Crippen LogP contribution in [-0.4, -0.2) is 13.0 Å². The van der Waals surface area contributed by atoms with Gasteiger partial charge in [0.05, 0.1) is 4.90 Å². The van der Waals surface area contributed by atoms with Crippen LogP contribution in [0.25, 0.3) is 0 Å². The Labute approximate surface area is 151 Å². The maximum Gasteiger partial charge on any atom is 1.00 e. The molecule has 1 aromatic carbocycles. The van der Waals surface area contributed by atoms with Gasteiger partial charge in [0.1, 0.15) is 10.1 Å². The summed E-state index contributed by atoms with van der Waals surface area (Å²) >= 11 is 0. The van der Waals surface area contributed by atoms with Crippen LogP contribution in [0.5, 0.6) is 0 Å². The first-order valence-corrected chi connectivity index (χ1v) is 8.89. The van der Waals surface area contributed by atoms with Crippen molar-refractivity contribution in [3.8, 4) is 0 Å². The van der Waals surface area contributed by atoms with E-state index < -0.39 is 10.1 Å². The van der Waals surface area contributed by atoms with Crippen molar-refractivity contribution in [3.05, 3.63) is 29.8 Å². The first kappa shape index (κ1) is 21.1. The van der Waals surface area contributed by atoms with E-state index >= 15 is 0 Å². The number of rotatable bonds is 9. The summed E-state index contributed by atoms with van der Waals surface area (Å²) in [6, 6.07) is 6.29. The minimum Gasteiger partial charge on any atom is -0.744 e. The average Bonchev–Trinajstić information content (AvgIpc) is 2.41. The Bertz CT molecular complexity index is 483. The smallest absolute Gasteiger partial charge is 0.744 e. The summed E-state index contributed by atoms with van der Waals surface area (Å²) in [6.07, 6.45) is 8.39. The van der Waals surface area contributed by atoms with Crippen LogP contribution in [0.2, 0.25) is 0 Å². The van der Waals surface area contributed by atoms with Gasteiger partial charge in [-0.2, -0.15) is 0 Å². The predicted molar refractivity (Wildman–Crippen MR) is 80.6 cm³/mol.